The number of halogens is 1. The molecule has 0 spiro atoms. The van der Waals surface area contributed by atoms with Crippen LogP contribution in [0.15, 0.2) is 66.1 Å². The fourth-order valence-corrected chi connectivity index (χ4v) is 4.20. The molecule has 1 saturated heterocycles. The highest BCUT2D eigenvalue weighted by Gasteiger charge is 2.21. The van der Waals surface area contributed by atoms with Gasteiger partial charge in [-0.15, -0.1) is 11.3 Å². The highest BCUT2D eigenvalue weighted by atomic mass is 32.1. The van der Waals surface area contributed by atoms with E-state index in [0.717, 1.165) is 49.1 Å². The SMILES string of the molecule is Fc1ccc(-c2csc(N3CC[NH+](C/C=C/c4ccccc4)CC3)n2)cc1. The number of nitrogens with zero attached hydrogens (tertiary/aromatic N) is 2. The predicted molar refractivity (Wildman–Crippen MR) is 111 cm³/mol. The van der Waals surface area contributed by atoms with Gasteiger partial charge in [-0.05, 0) is 35.9 Å². The number of quaternary nitrogens is 1. The molecule has 0 unspecified atom stereocenters. The van der Waals surface area contributed by atoms with Gasteiger partial charge in [0.15, 0.2) is 5.13 Å². The lowest BCUT2D eigenvalue weighted by Crippen LogP contribution is -3.14. The minimum absolute atomic E-state index is 0.213. The Kier molecular flexibility index (Phi) is 5.61. The van der Waals surface area contributed by atoms with Crippen LogP contribution in [0.1, 0.15) is 5.56 Å². The van der Waals surface area contributed by atoms with Crippen LogP contribution in [0.3, 0.4) is 0 Å². The van der Waals surface area contributed by atoms with E-state index in [2.05, 4.69) is 46.7 Å². The minimum atomic E-state index is -0.213. The first-order valence-corrected chi connectivity index (χ1v) is 10.2. The molecule has 2 heterocycles. The highest BCUT2D eigenvalue weighted by molar-refractivity contribution is 7.14. The second-order valence-corrected chi connectivity index (χ2v) is 7.61. The Morgan fingerprint density at radius 2 is 1.78 bits per heavy atom. The summed E-state index contributed by atoms with van der Waals surface area (Å²) < 4.78 is 13.1. The maximum absolute atomic E-state index is 13.1. The molecule has 0 atom stereocenters. The molecule has 1 aromatic heterocycles. The molecule has 0 amide bonds. The number of thiazole rings is 1. The van der Waals surface area contributed by atoms with Gasteiger partial charge in [0.1, 0.15) is 5.82 Å². The molecule has 27 heavy (non-hydrogen) atoms. The van der Waals surface area contributed by atoms with Crippen molar-refractivity contribution in [1.29, 1.82) is 0 Å². The third-order valence-electron chi connectivity index (χ3n) is 4.89. The summed E-state index contributed by atoms with van der Waals surface area (Å²) >= 11 is 1.67. The molecule has 0 bridgehead atoms. The molecule has 4 rings (SSSR count). The quantitative estimate of drug-likeness (QED) is 0.733. The topological polar surface area (TPSA) is 20.6 Å². The zero-order valence-corrected chi connectivity index (χ0v) is 16.0. The molecule has 3 aromatic rings. The third-order valence-corrected chi connectivity index (χ3v) is 5.79. The lowest BCUT2D eigenvalue weighted by atomic mass is 10.2. The standard InChI is InChI=1S/C22H22FN3S/c23-20-10-8-19(9-11-20)21-17-27-22(24-21)26-15-13-25(14-16-26)12-4-7-18-5-2-1-3-6-18/h1-11,17H,12-16H2/p+1/b7-4+. The van der Waals surface area contributed by atoms with E-state index in [1.54, 1.807) is 28.4 Å². The van der Waals surface area contributed by atoms with Crippen molar-refractivity contribution < 1.29 is 9.29 Å². The van der Waals surface area contributed by atoms with E-state index in [1.807, 2.05) is 6.07 Å². The van der Waals surface area contributed by atoms with Crippen molar-refractivity contribution in [2.24, 2.45) is 0 Å². The first-order valence-electron chi connectivity index (χ1n) is 9.29. The Labute approximate surface area is 163 Å². The lowest BCUT2D eigenvalue weighted by Gasteiger charge is -2.31. The van der Waals surface area contributed by atoms with Gasteiger partial charge < -0.3 is 9.80 Å². The van der Waals surface area contributed by atoms with Crippen molar-refractivity contribution in [1.82, 2.24) is 4.98 Å². The van der Waals surface area contributed by atoms with E-state index in [4.69, 9.17) is 4.98 Å². The number of hydrogen-bond donors (Lipinski definition) is 1. The zero-order chi connectivity index (χ0) is 18.5. The van der Waals surface area contributed by atoms with Crippen LogP contribution in [-0.4, -0.2) is 37.7 Å². The molecule has 0 saturated carbocycles. The molecule has 1 fully saturated rings. The van der Waals surface area contributed by atoms with E-state index < -0.39 is 0 Å². The fraction of sp³-hybridized carbons (Fsp3) is 0.227. The fourth-order valence-electron chi connectivity index (χ4n) is 3.31. The zero-order valence-electron chi connectivity index (χ0n) is 15.1. The van der Waals surface area contributed by atoms with Gasteiger partial charge in [-0.1, -0.05) is 36.4 Å². The molecule has 1 N–H and O–H groups in total. The van der Waals surface area contributed by atoms with Gasteiger partial charge in [-0.25, -0.2) is 9.37 Å². The van der Waals surface area contributed by atoms with E-state index in [1.165, 1.54) is 17.7 Å². The van der Waals surface area contributed by atoms with E-state index >= 15 is 0 Å². The van der Waals surface area contributed by atoms with Gasteiger partial charge in [0.25, 0.3) is 0 Å². The minimum Gasteiger partial charge on any atom is -0.337 e. The molecule has 138 valence electrons. The van der Waals surface area contributed by atoms with Crippen LogP contribution in [0.25, 0.3) is 17.3 Å². The molecule has 0 radical (unpaired) electrons. The van der Waals surface area contributed by atoms with Crippen molar-refractivity contribution in [3.05, 3.63) is 77.4 Å². The first kappa shape index (κ1) is 17.9. The summed E-state index contributed by atoms with van der Waals surface area (Å²) in [6.07, 6.45) is 4.48. The van der Waals surface area contributed by atoms with Crippen LogP contribution in [0.4, 0.5) is 9.52 Å². The summed E-state index contributed by atoms with van der Waals surface area (Å²) in [5.41, 5.74) is 3.15. The predicted octanol–water partition coefficient (Wildman–Crippen LogP) is 3.37. The van der Waals surface area contributed by atoms with Crippen LogP contribution in [0, 0.1) is 5.82 Å². The summed E-state index contributed by atoms with van der Waals surface area (Å²) in [6, 6.07) is 17.0. The summed E-state index contributed by atoms with van der Waals surface area (Å²) in [5, 5.41) is 3.12. The van der Waals surface area contributed by atoms with Gasteiger partial charge in [-0.2, -0.15) is 0 Å². The number of piperazine rings is 1. The van der Waals surface area contributed by atoms with Crippen molar-refractivity contribution in [3.8, 4) is 11.3 Å². The summed E-state index contributed by atoms with van der Waals surface area (Å²) in [7, 11) is 0. The van der Waals surface area contributed by atoms with Gasteiger partial charge in [0.05, 0.1) is 38.4 Å². The smallest absolute Gasteiger partial charge is 0.186 e. The van der Waals surface area contributed by atoms with Crippen molar-refractivity contribution in [2.45, 2.75) is 0 Å². The Hall–Kier alpha value is -2.50. The van der Waals surface area contributed by atoms with Crippen LogP contribution in [0.2, 0.25) is 0 Å². The van der Waals surface area contributed by atoms with Crippen LogP contribution in [0.5, 0.6) is 0 Å². The van der Waals surface area contributed by atoms with Crippen LogP contribution < -0.4 is 9.80 Å². The van der Waals surface area contributed by atoms with Gasteiger partial charge in [-0.3, -0.25) is 0 Å². The average molecular weight is 381 g/mol. The van der Waals surface area contributed by atoms with E-state index in [0.29, 0.717) is 0 Å². The van der Waals surface area contributed by atoms with Gasteiger partial charge in [0.2, 0.25) is 0 Å². The van der Waals surface area contributed by atoms with E-state index in [9.17, 15) is 4.39 Å². The summed E-state index contributed by atoms with van der Waals surface area (Å²) in [5.74, 6) is -0.213. The molecule has 1 aliphatic heterocycles. The summed E-state index contributed by atoms with van der Waals surface area (Å²) in [4.78, 5) is 8.73. The van der Waals surface area contributed by atoms with Gasteiger partial charge in [0, 0.05) is 10.9 Å². The second kappa shape index (κ2) is 8.46. The van der Waals surface area contributed by atoms with Crippen molar-refractivity contribution in [2.75, 3.05) is 37.6 Å². The van der Waals surface area contributed by atoms with E-state index in [-0.39, 0.29) is 5.82 Å². The second-order valence-electron chi connectivity index (χ2n) is 6.78. The summed E-state index contributed by atoms with van der Waals surface area (Å²) in [6.45, 7) is 5.33. The number of hydrogen-bond acceptors (Lipinski definition) is 3. The molecule has 1 aliphatic rings. The van der Waals surface area contributed by atoms with Crippen LogP contribution in [-0.2, 0) is 0 Å². The molecule has 5 heteroatoms. The Bertz CT molecular complexity index is 881. The van der Waals surface area contributed by atoms with Crippen LogP contribution >= 0.6 is 11.3 Å². The van der Waals surface area contributed by atoms with Gasteiger partial charge >= 0.3 is 0 Å². The maximum atomic E-state index is 13.1. The number of aromatic nitrogens is 1. The monoisotopic (exact) mass is 380 g/mol. The average Bonchev–Trinajstić information content (AvgIpc) is 3.20. The Balaban J connectivity index is 1.30. The van der Waals surface area contributed by atoms with Crippen molar-refractivity contribution in [3.63, 3.8) is 0 Å². The highest BCUT2D eigenvalue weighted by Crippen LogP contribution is 2.27. The number of anilines is 1. The molecule has 3 nitrogen and oxygen atoms in total. The number of nitrogens with one attached hydrogen (secondary N) is 1. The maximum Gasteiger partial charge on any atom is 0.186 e. The Morgan fingerprint density at radius 3 is 2.52 bits per heavy atom. The molecular weight excluding hydrogens is 357 g/mol. The third kappa shape index (κ3) is 4.62. The van der Waals surface area contributed by atoms with Crippen molar-refractivity contribution >= 4 is 22.5 Å². The lowest BCUT2D eigenvalue weighted by molar-refractivity contribution is -0.894. The molecular formula is C22H23FN3S+. The largest absolute Gasteiger partial charge is 0.337 e. The molecule has 0 aliphatic carbocycles. The number of benzene rings is 2. The number of rotatable bonds is 5. The molecule has 2 aromatic carbocycles. The first-order chi connectivity index (χ1) is 13.3. The normalized spacial score (nSPS) is 15.5. The Morgan fingerprint density at radius 1 is 1.04 bits per heavy atom.